The van der Waals surface area contributed by atoms with Crippen molar-refractivity contribution in [1.82, 2.24) is 4.90 Å². The van der Waals surface area contributed by atoms with Gasteiger partial charge in [-0.3, -0.25) is 4.90 Å². The average molecular weight is 348 g/mol. The van der Waals surface area contributed by atoms with Crippen molar-refractivity contribution >= 4 is 11.6 Å². The summed E-state index contributed by atoms with van der Waals surface area (Å²) in [5, 5.41) is 0.654. The Morgan fingerprint density at radius 2 is 1.92 bits per heavy atom. The largest absolute Gasteiger partial charge is 0.497 e. The monoisotopic (exact) mass is 347 g/mol. The van der Waals surface area contributed by atoms with Gasteiger partial charge in [0.15, 0.2) is 11.5 Å². The summed E-state index contributed by atoms with van der Waals surface area (Å²) < 4.78 is 16.3. The first-order valence-electron chi connectivity index (χ1n) is 7.94. The Labute approximate surface area is 147 Å². The van der Waals surface area contributed by atoms with Crippen molar-refractivity contribution in [2.75, 3.05) is 27.9 Å². The van der Waals surface area contributed by atoms with Crippen LogP contribution < -0.4 is 14.2 Å². The highest BCUT2D eigenvalue weighted by Crippen LogP contribution is 2.40. The van der Waals surface area contributed by atoms with E-state index in [0.717, 1.165) is 36.6 Å². The van der Waals surface area contributed by atoms with Crippen LogP contribution in [0.5, 0.6) is 17.2 Å². The molecule has 0 N–H and O–H groups in total. The number of benzene rings is 2. The maximum Gasteiger partial charge on any atom is 0.165 e. The SMILES string of the molecule is COc1cccc([C@@H]2CCN2Cc2cc(Cl)cc(OC)c2OC)c1. The fourth-order valence-electron chi connectivity index (χ4n) is 3.20. The first kappa shape index (κ1) is 16.9. The number of methoxy groups -OCH3 is 3. The van der Waals surface area contributed by atoms with Crippen LogP contribution in [0.4, 0.5) is 0 Å². The lowest BCUT2D eigenvalue weighted by molar-refractivity contribution is 0.0806. The summed E-state index contributed by atoms with van der Waals surface area (Å²) in [6.07, 6.45) is 1.13. The van der Waals surface area contributed by atoms with Crippen LogP contribution in [0.15, 0.2) is 36.4 Å². The zero-order valence-electron chi connectivity index (χ0n) is 14.2. The predicted molar refractivity (Wildman–Crippen MR) is 95.3 cm³/mol. The summed E-state index contributed by atoms with van der Waals surface area (Å²) in [6.45, 7) is 1.81. The van der Waals surface area contributed by atoms with E-state index >= 15 is 0 Å². The second kappa shape index (κ2) is 7.32. The number of hydrogen-bond donors (Lipinski definition) is 0. The van der Waals surface area contributed by atoms with Crippen LogP contribution in [0.3, 0.4) is 0 Å². The van der Waals surface area contributed by atoms with Crippen molar-refractivity contribution in [1.29, 1.82) is 0 Å². The first-order chi connectivity index (χ1) is 11.7. The Balaban J connectivity index is 1.82. The molecular formula is C19H22ClNO3. The Bertz CT molecular complexity index is 720. The lowest BCUT2D eigenvalue weighted by atomic mass is 9.93. The molecule has 0 radical (unpaired) electrons. The van der Waals surface area contributed by atoms with Gasteiger partial charge in [-0.1, -0.05) is 23.7 Å². The highest BCUT2D eigenvalue weighted by Gasteiger charge is 2.30. The van der Waals surface area contributed by atoms with E-state index in [2.05, 4.69) is 17.0 Å². The van der Waals surface area contributed by atoms with Crippen LogP contribution in [0.2, 0.25) is 5.02 Å². The summed E-state index contributed by atoms with van der Waals surface area (Å²) in [6, 6.07) is 12.4. The molecule has 4 nitrogen and oxygen atoms in total. The minimum absolute atomic E-state index is 0.384. The van der Waals surface area contributed by atoms with E-state index in [1.807, 2.05) is 18.2 Å². The van der Waals surface area contributed by atoms with E-state index in [9.17, 15) is 0 Å². The summed E-state index contributed by atoms with van der Waals surface area (Å²) in [5.74, 6) is 2.30. The van der Waals surface area contributed by atoms with E-state index in [1.165, 1.54) is 5.56 Å². The maximum atomic E-state index is 6.22. The number of rotatable bonds is 6. The van der Waals surface area contributed by atoms with Crippen LogP contribution in [-0.2, 0) is 6.54 Å². The van der Waals surface area contributed by atoms with Gasteiger partial charge >= 0.3 is 0 Å². The molecule has 2 aromatic rings. The van der Waals surface area contributed by atoms with E-state index in [-0.39, 0.29) is 0 Å². The fraction of sp³-hybridized carbons (Fsp3) is 0.368. The van der Waals surface area contributed by atoms with Gasteiger partial charge in [0.1, 0.15) is 5.75 Å². The molecule has 0 saturated carbocycles. The van der Waals surface area contributed by atoms with Crippen LogP contribution in [0.1, 0.15) is 23.6 Å². The van der Waals surface area contributed by atoms with E-state index in [1.54, 1.807) is 27.4 Å². The summed E-state index contributed by atoms with van der Waals surface area (Å²) in [7, 11) is 4.98. The molecule has 3 rings (SSSR count). The molecule has 0 aliphatic carbocycles. The molecule has 128 valence electrons. The average Bonchev–Trinajstić information content (AvgIpc) is 2.58. The molecule has 5 heteroatoms. The number of ether oxygens (including phenoxy) is 3. The fourth-order valence-corrected chi connectivity index (χ4v) is 3.43. The molecule has 1 aliphatic rings. The Morgan fingerprint density at radius 3 is 2.54 bits per heavy atom. The summed E-state index contributed by atoms with van der Waals surface area (Å²) >= 11 is 6.22. The van der Waals surface area contributed by atoms with Gasteiger partial charge in [-0.05, 0) is 30.2 Å². The van der Waals surface area contributed by atoms with Crippen molar-refractivity contribution < 1.29 is 14.2 Å². The van der Waals surface area contributed by atoms with E-state index in [0.29, 0.717) is 16.8 Å². The molecule has 1 atom stereocenters. The second-order valence-electron chi connectivity index (χ2n) is 5.85. The van der Waals surface area contributed by atoms with Gasteiger partial charge in [-0.2, -0.15) is 0 Å². The number of likely N-dealkylation sites (tertiary alicyclic amines) is 1. The summed E-state index contributed by atoms with van der Waals surface area (Å²) in [5.41, 5.74) is 2.31. The molecule has 1 heterocycles. The highest BCUT2D eigenvalue weighted by atomic mass is 35.5. The second-order valence-corrected chi connectivity index (χ2v) is 6.29. The van der Waals surface area contributed by atoms with Crippen molar-refractivity contribution in [2.45, 2.75) is 19.0 Å². The van der Waals surface area contributed by atoms with Gasteiger partial charge in [0.25, 0.3) is 0 Å². The number of nitrogens with zero attached hydrogens (tertiary/aromatic N) is 1. The Morgan fingerprint density at radius 1 is 1.08 bits per heavy atom. The number of hydrogen-bond acceptors (Lipinski definition) is 4. The van der Waals surface area contributed by atoms with Crippen molar-refractivity contribution in [3.05, 3.63) is 52.5 Å². The summed E-state index contributed by atoms with van der Waals surface area (Å²) in [4.78, 5) is 2.41. The first-order valence-corrected chi connectivity index (χ1v) is 8.32. The molecule has 0 spiro atoms. The maximum absolute atomic E-state index is 6.22. The smallest absolute Gasteiger partial charge is 0.165 e. The van der Waals surface area contributed by atoms with E-state index < -0.39 is 0 Å². The molecule has 0 aromatic heterocycles. The molecular weight excluding hydrogens is 326 g/mol. The molecule has 0 unspecified atom stereocenters. The predicted octanol–water partition coefficient (Wildman–Crippen LogP) is 4.31. The Kier molecular flexibility index (Phi) is 5.17. The zero-order valence-corrected chi connectivity index (χ0v) is 15.0. The van der Waals surface area contributed by atoms with Gasteiger partial charge in [0.05, 0.1) is 21.3 Å². The van der Waals surface area contributed by atoms with Crippen LogP contribution in [-0.4, -0.2) is 32.8 Å². The van der Waals surface area contributed by atoms with Gasteiger partial charge in [-0.15, -0.1) is 0 Å². The topological polar surface area (TPSA) is 30.9 Å². The van der Waals surface area contributed by atoms with E-state index in [4.69, 9.17) is 25.8 Å². The van der Waals surface area contributed by atoms with Crippen molar-refractivity contribution in [3.63, 3.8) is 0 Å². The van der Waals surface area contributed by atoms with Gasteiger partial charge in [0.2, 0.25) is 0 Å². The van der Waals surface area contributed by atoms with Gasteiger partial charge in [-0.25, -0.2) is 0 Å². The standard InChI is InChI=1S/C19H22ClNO3/c1-22-16-6-4-5-13(10-16)17-7-8-21(17)12-14-9-15(20)11-18(23-2)19(14)24-3/h4-6,9-11,17H,7-8,12H2,1-3H3/t17-/m0/s1. The lowest BCUT2D eigenvalue weighted by Gasteiger charge is -2.41. The highest BCUT2D eigenvalue weighted by molar-refractivity contribution is 6.30. The molecule has 1 fully saturated rings. The molecule has 0 bridgehead atoms. The van der Waals surface area contributed by atoms with Crippen LogP contribution in [0.25, 0.3) is 0 Å². The minimum Gasteiger partial charge on any atom is -0.497 e. The third-order valence-electron chi connectivity index (χ3n) is 4.50. The molecule has 0 amide bonds. The van der Waals surface area contributed by atoms with Crippen LogP contribution >= 0.6 is 11.6 Å². The minimum atomic E-state index is 0.384. The van der Waals surface area contributed by atoms with Gasteiger partial charge < -0.3 is 14.2 Å². The molecule has 1 aliphatic heterocycles. The molecule has 1 saturated heterocycles. The normalized spacial score (nSPS) is 17.2. The molecule has 24 heavy (non-hydrogen) atoms. The zero-order chi connectivity index (χ0) is 17.1. The third kappa shape index (κ3) is 3.30. The van der Waals surface area contributed by atoms with Crippen molar-refractivity contribution in [2.24, 2.45) is 0 Å². The van der Waals surface area contributed by atoms with Crippen molar-refractivity contribution in [3.8, 4) is 17.2 Å². The number of halogens is 1. The third-order valence-corrected chi connectivity index (χ3v) is 4.72. The Hall–Kier alpha value is -1.91. The van der Waals surface area contributed by atoms with Gasteiger partial charge in [0, 0.05) is 35.8 Å². The molecule has 2 aromatic carbocycles. The van der Waals surface area contributed by atoms with Crippen LogP contribution in [0, 0.1) is 0 Å². The lowest BCUT2D eigenvalue weighted by Crippen LogP contribution is -2.40. The quantitative estimate of drug-likeness (QED) is 0.779.